The van der Waals surface area contributed by atoms with Gasteiger partial charge in [0.1, 0.15) is 12.2 Å². The normalized spacial score (nSPS) is 35.0. The first kappa shape index (κ1) is 22.2. The van der Waals surface area contributed by atoms with Gasteiger partial charge in [-0.05, 0) is 74.3 Å². The van der Waals surface area contributed by atoms with Gasteiger partial charge in [-0.3, -0.25) is 4.79 Å². The van der Waals surface area contributed by atoms with Crippen molar-refractivity contribution in [2.75, 3.05) is 6.26 Å². The lowest BCUT2D eigenvalue weighted by atomic mass is 9.81. The van der Waals surface area contributed by atoms with E-state index in [1.807, 2.05) is 51.3 Å². The maximum Gasteiger partial charge on any atom is 0.331 e. The Morgan fingerprint density at radius 2 is 2.03 bits per heavy atom. The van der Waals surface area contributed by atoms with Crippen LogP contribution in [0.3, 0.4) is 0 Å². The molecule has 1 aromatic carbocycles. The number of aliphatic hydroxyl groups is 1. The van der Waals surface area contributed by atoms with Crippen molar-refractivity contribution in [3.8, 4) is 0 Å². The molecular formula is C25H30O5S. The molecule has 31 heavy (non-hydrogen) atoms. The zero-order valence-electron chi connectivity index (χ0n) is 18.5. The Balaban J connectivity index is 1.52. The van der Waals surface area contributed by atoms with Gasteiger partial charge in [-0.2, -0.15) is 0 Å². The summed E-state index contributed by atoms with van der Waals surface area (Å²) in [5.41, 5.74) is 1.89. The summed E-state index contributed by atoms with van der Waals surface area (Å²) in [6.07, 6.45) is 6.33. The third-order valence-electron chi connectivity index (χ3n) is 7.24. The standard InChI is InChI=1S/C25H30O5S/c1-14-18-11-12-25(3,28)19-13-20(15(2)22(19)23(18)30-24(14)27)29-21(26)10-7-16-5-8-17(31-4)9-6-16/h5-10,14,18-20,23,28H,11-13H2,1-4H3/b10-7+/t14-,18-,19?,20-,23-,25+/m0/s1. The molecule has 1 unspecified atom stereocenters. The molecule has 166 valence electrons. The minimum absolute atomic E-state index is 0.0625. The van der Waals surface area contributed by atoms with E-state index in [-0.39, 0.29) is 29.8 Å². The topological polar surface area (TPSA) is 72.8 Å². The van der Waals surface area contributed by atoms with Crippen molar-refractivity contribution >= 4 is 29.8 Å². The first-order valence-corrected chi connectivity index (χ1v) is 12.1. The fourth-order valence-electron chi connectivity index (χ4n) is 5.27. The van der Waals surface area contributed by atoms with Gasteiger partial charge < -0.3 is 14.6 Å². The lowest BCUT2D eigenvalue weighted by Gasteiger charge is -2.31. The van der Waals surface area contributed by atoms with Gasteiger partial charge in [-0.25, -0.2) is 4.79 Å². The van der Waals surface area contributed by atoms with E-state index in [4.69, 9.17) is 9.47 Å². The van der Waals surface area contributed by atoms with Crippen LogP contribution < -0.4 is 0 Å². The SMILES string of the molecule is CSc1ccc(/C=C/C(=O)O[C@H]2CC3C(=C2C)[C@H]2OC(=O)[C@@H](C)[C@@H]2CC[C@@]3(C)O)cc1. The molecule has 1 aromatic rings. The molecule has 1 N–H and O–H groups in total. The van der Waals surface area contributed by atoms with E-state index >= 15 is 0 Å². The molecule has 2 aliphatic carbocycles. The molecule has 5 nitrogen and oxygen atoms in total. The average Bonchev–Trinajstić information content (AvgIpc) is 3.18. The molecule has 0 spiro atoms. The summed E-state index contributed by atoms with van der Waals surface area (Å²) in [7, 11) is 0. The van der Waals surface area contributed by atoms with E-state index in [2.05, 4.69) is 0 Å². The molecule has 1 heterocycles. The summed E-state index contributed by atoms with van der Waals surface area (Å²) in [5, 5.41) is 11.2. The van der Waals surface area contributed by atoms with Crippen LogP contribution in [0.15, 0.2) is 46.4 Å². The van der Waals surface area contributed by atoms with Gasteiger partial charge in [0.15, 0.2) is 0 Å². The van der Waals surface area contributed by atoms with Crippen LogP contribution in [0.2, 0.25) is 0 Å². The number of benzene rings is 1. The van der Waals surface area contributed by atoms with E-state index in [9.17, 15) is 14.7 Å². The van der Waals surface area contributed by atoms with Crippen molar-refractivity contribution in [3.05, 3.63) is 47.1 Å². The number of thioether (sulfide) groups is 1. The quantitative estimate of drug-likeness (QED) is 0.323. The second-order valence-electron chi connectivity index (χ2n) is 9.16. The van der Waals surface area contributed by atoms with Crippen molar-refractivity contribution in [2.24, 2.45) is 17.8 Å². The summed E-state index contributed by atoms with van der Waals surface area (Å²) in [6, 6.07) is 7.95. The number of hydrogen-bond acceptors (Lipinski definition) is 6. The van der Waals surface area contributed by atoms with Gasteiger partial charge in [0.25, 0.3) is 0 Å². The predicted octanol–water partition coefficient (Wildman–Crippen LogP) is 4.39. The van der Waals surface area contributed by atoms with E-state index < -0.39 is 17.7 Å². The lowest BCUT2D eigenvalue weighted by molar-refractivity contribution is -0.143. The Labute approximate surface area is 187 Å². The highest BCUT2D eigenvalue weighted by Gasteiger charge is 2.55. The van der Waals surface area contributed by atoms with Crippen LogP contribution in [0.25, 0.3) is 6.08 Å². The summed E-state index contributed by atoms with van der Waals surface area (Å²) in [5.74, 6) is -0.884. The van der Waals surface area contributed by atoms with Crippen molar-refractivity contribution in [1.29, 1.82) is 0 Å². The molecule has 0 radical (unpaired) electrons. The molecule has 0 aromatic heterocycles. The summed E-state index contributed by atoms with van der Waals surface area (Å²) in [4.78, 5) is 25.9. The third-order valence-corrected chi connectivity index (χ3v) is 7.98. The largest absolute Gasteiger partial charge is 0.457 e. The van der Waals surface area contributed by atoms with E-state index in [0.29, 0.717) is 12.8 Å². The molecule has 4 rings (SSSR count). The van der Waals surface area contributed by atoms with Crippen LogP contribution in [0, 0.1) is 17.8 Å². The second-order valence-corrected chi connectivity index (χ2v) is 10.0. The average molecular weight is 443 g/mol. The number of carbonyl (C=O) groups excluding carboxylic acids is 2. The molecular weight excluding hydrogens is 412 g/mol. The van der Waals surface area contributed by atoms with Gasteiger partial charge in [-0.15, -0.1) is 11.8 Å². The van der Waals surface area contributed by atoms with Crippen LogP contribution in [0.5, 0.6) is 0 Å². The number of fused-ring (bicyclic) bond motifs is 3. The van der Waals surface area contributed by atoms with Gasteiger partial charge in [0, 0.05) is 22.8 Å². The Morgan fingerprint density at radius 3 is 2.71 bits per heavy atom. The third kappa shape index (κ3) is 4.20. The summed E-state index contributed by atoms with van der Waals surface area (Å²) >= 11 is 1.67. The van der Waals surface area contributed by atoms with Gasteiger partial charge in [-0.1, -0.05) is 19.1 Å². The second kappa shape index (κ2) is 8.47. The van der Waals surface area contributed by atoms with E-state index in [1.165, 1.54) is 11.0 Å². The van der Waals surface area contributed by atoms with E-state index in [0.717, 1.165) is 23.1 Å². The van der Waals surface area contributed by atoms with Crippen LogP contribution in [-0.2, 0) is 19.1 Å². The highest BCUT2D eigenvalue weighted by molar-refractivity contribution is 7.98. The number of hydrogen-bond donors (Lipinski definition) is 1. The number of ether oxygens (including phenoxy) is 2. The molecule has 3 aliphatic rings. The molecule has 1 saturated carbocycles. The Hall–Kier alpha value is -2.05. The Kier molecular flexibility index (Phi) is 6.05. The number of esters is 2. The lowest BCUT2D eigenvalue weighted by Crippen LogP contribution is -2.35. The maximum atomic E-state index is 12.5. The fraction of sp³-hybridized carbons (Fsp3) is 0.520. The van der Waals surface area contributed by atoms with Crippen molar-refractivity contribution < 1.29 is 24.2 Å². The number of carbonyl (C=O) groups is 2. The molecule has 0 bridgehead atoms. The fourth-order valence-corrected chi connectivity index (χ4v) is 5.68. The maximum absolute atomic E-state index is 12.5. The molecule has 0 amide bonds. The van der Waals surface area contributed by atoms with Crippen molar-refractivity contribution in [3.63, 3.8) is 0 Å². The van der Waals surface area contributed by atoms with Gasteiger partial charge in [0.05, 0.1) is 11.5 Å². The molecule has 2 fully saturated rings. The Bertz CT molecular complexity index is 930. The summed E-state index contributed by atoms with van der Waals surface area (Å²) in [6.45, 7) is 5.69. The zero-order chi connectivity index (χ0) is 22.3. The molecule has 6 atom stereocenters. The minimum atomic E-state index is -0.914. The van der Waals surface area contributed by atoms with Gasteiger partial charge >= 0.3 is 11.9 Å². The molecule has 1 aliphatic heterocycles. The smallest absolute Gasteiger partial charge is 0.331 e. The van der Waals surface area contributed by atoms with Crippen LogP contribution >= 0.6 is 11.8 Å². The van der Waals surface area contributed by atoms with E-state index in [1.54, 1.807) is 17.8 Å². The monoisotopic (exact) mass is 442 g/mol. The van der Waals surface area contributed by atoms with Crippen molar-refractivity contribution in [2.45, 2.75) is 62.7 Å². The first-order valence-electron chi connectivity index (χ1n) is 10.9. The minimum Gasteiger partial charge on any atom is -0.457 e. The number of rotatable bonds is 4. The van der Waals surface area contributed by atoms with Crippen LogP contribution in [0.1, 0.15) is 45.6 Å². The van der Waals surface area contributed by atoms with Crippen LogP contribution in [0.4, 0.5) is 0 Å². The van der Waals surface area contributed by atoms with Crippen molar-refractivity contribution in [1.82, 2.24) is 0 Å². The highest BCUT2D eigenvalue weighted by atomic mass is 32.2. The van der Waals surface area contributed by atoms with Crippen LogP contribution in [-0.4, -0.2) is 41.1 Å². The highest BCUT2D eigenvalue weighted by Crippen LogP contribution is 2.52. The first-order chi connectivity index (χ1) is 14.7. The summed E-state index contributed by atoms with van der Waals surface area (Å²) < 4.78 is 11.5. The van der Waals surface area contributed by atoms with Gasteiger partial charge in [0.2, 0.25) is 0 Å². The molecule has 1 saturated heterocycles. The molecule has 6 heteroatoms. The Morgan fingerprint density at radius 1 is 1.32 bits per heavy atom. The predicted molar refractivity (Wildman–Crippen MR) is 120 cm³/mol. The zero-order valence-corrected chi connectivity index (χ0v) is 19.3.